The van der Waals surface area contributed by atoms with E-state index in [2.05, 4.69) is 21.2 Å². The van der Waals surface area contributed by atoms with Crippen LogP contribution in [0.4, 0.5) is 4.39 Å². The number of methoxy groups -OCH3 is 1. The Morgan fingerprint density at radius 3 is 2.66 bits per heavy atom. The molecule has 3 amide bonds. The molecule has 4 rings (SSSR count). The Balaban J connectivity index is 1.94. The molecular formula is C20H14BrFN2O5. The van der Waals surface area contributed by atoms with Gasteiger partial charge in [-0.05, 0) is 18.2 Å². The molecule has 0 radical (unpaired) electrons. The van der Waals surface area contributed by atoms with Gasteiger partial charge in [0, 0.05) is 21.2 Å². The van der Waals surface area contributed by atoms with Crippen molar-refractivity contribution in [3.8, 4) is 0 Å². The zero-order chi connectivity index (χ0) is 20.9. The van der Waals surface area contributed by atoms with Crippen LogP contribution < -0.4 is 5.32 Å². The van der Waals surface area contributed by atoms with Crippen LogP contribution in [0.25, 0.3) is 0 Å². The van der Waals surface area contributed by atoms with Gasteiger partial charge in [-0.2, -0.15) is 0 Å². The van der Waals surface area contributed by atoms with E-state index in [1.807, 2.05) is 0 Å². The second-order valence-corrected chi connectivity index (χ2v) is 7.63. The van der Waals surface area contributed by atoms with E-state index in [1.54, 1.807) is 18.2 Å². The lowest BCUT2D eigenvalue weighted by Crippen LogP contribution is -2.54. The summed E-state index contributed by atoms with van der Waals surface area (Å²) in [4.78, 5) is 52.4. The predicted octanol–water partition coefficient (Wildman–Crippen LogP) is 1.89. The lowest BCUT2D eigenvalue weighted by atomic mass is 9.79. The van der Waals surface area contributed by atoms with Crippen molar-refractivity contribution in [1.82, 2.24) is 10.2 Å². The fourth-order valence-electron chi connectivity index (χ4n) is 4.02. The molecule has 2 unspecified atom stereocenters. The molecule has 9 heteroatoms. The van der Waals surface area contributed by atoms with Gasteiger partial charge in [0.25, 0.3) is 11.8 Å². The third kappa shape index (κ3) is 2.61. The minimum Gasteiger partial charge on any atom is -0.468 e. The topological polar surface area (TPSA) is 92.8 Å². The Hall–Kier alpha value is -3.07. The number of nitrogens with one attached hydrogen (secondary N) is 1. The van der Waals surface area contributed by atoms with Crippen molar-refractivity contribution in [3.63, 3.8) is 0 Å². The lowest BCUT2D eigenvalue weighted by molar-refractivity contribution is -0.155. The number of esters is 1. The molecule has 0 saturated carbocycles. The van der Waals surface area contributed by atoms with Crippen molar-refractivity contribution in [1.29, 1.82) is 0 Å². The number of nitrogens with zero attached hydrogens (tertiary/aromatic N) is 1. The number of ether oxygens (including phenoxy) is 1. The molecule has 2 aliphatic rings. The van der Waals surface area contributed by atoms with Gasteiger partial charge < -0.3 is 9.64 Å². The highest BCUT2D eigenvalue weighted by atomic mass is 79.9. The van der Waals surface area contributed by atoms with Gasteiger partial charge in [-0.15, -0.1) is 0 Å². The van der Waals surface area contributed by atoms with Gasteiger partial charge in [0.15, 0.2) is 11.5 Å². The normalized spacial score (nSPS) is 22.8. The van der Waals surface area contributed by atoms with Gasteiger partial charge in [-0.25, -0.2) is 4.39 Å². The van der Waals surface area contributed by atoms with Crippen molar-refractivity contribution in [2.24, 2.45) is 5.92 Å². The van der Waals surface area contributed by atoms with Gasteiger partial charge in [0.1, 0.15) is 5.82 Å². The molecule has 1 spiro atoms. The van der Waals surface area contributed by atoms with E-state index in [-0.39, 0.29) is 23.2 Å². The SMILES string of the molecule is COC(=O)C1C(=O)NC(=O)C12c1ccccc1C(=O)N2Cc1ccc(Br)cc1F. The summed E-state index contributed by atoms with van der Waals surface area (Å²) in [7, 11) is 1.09. The number of hydrogen-bond acceptors (Lipinski definition) is 5. The number of hydrogen-bond donors (Lipinski definition) is 1. The molecule has 2 aromatic rings. The number of rotatable bonds is 3. The summed E-state index contributed by atoms with van der Waals surface area (Å²) in [5, 5.41) is 2.14. The first-order chi connectivity index (χ1) is 13.8. The zero-order valence-electron chi connectivity index (χ0n) is 15.1. The Bertz CT molecular complexity index is 1090. The summed E-state index contributed by atoms with van der Waals surface area (Å²) in [6, 6.07) is 10.5. The van der Waals surface area contributed by atoms with E-state index in [0.717, 1.165) is 12.0 Å². The van der Waals surface area contributed by atoms with Crippen LogP contribution in [0, 0.1) is 11.7 Å². The maximum atomic E-state index is 14.5. The van der Waals surface area contributed by atoms with Gasteiger partial charge in [0.05, 0.1) is 13.7 Å². The van der Waals surface area contributed by atoms with Crippen LogP contribution >= 0.6 is 15.9 Å². The lowest BCUT2D eigenvalue weighted by Gasteiger charge is -2.36. The molecule has 29 heavy (non-hydrogen) atoms. The summed E-state index contributed by atoms with van der Waals surface area (Å²) in [5.41, 5.74) is -1.44. The van der Waals surface area contributed by atoms with Crippen LogP contribution in [0.5, 0.6) is 0 Å². The van der Waals surface area contributed by atoms with Crippen LogP contribution in [-0.2, 0) is 31.2 Å². The third-order valence-corrected chi connectivity index (χ3v) is 5.78. The summed E-state index contributed by atoms with van der Waals surface area (Å²) in [6.45, 7) is -0.319. The molecule has 1 N–H and O–H groups in total. The first-order valence-corrected chi connectivity index (χ1v) is 9.40. The standard InChI is InChI=1S/C20H14BrFN2O5/c1-29-18(27)15-16(25)23-19(28)20(15)13-5-3-2-4-12(13)17(26)24(20)9-10-6-7-11(21)8-14(10)22/h2-8,15H,9H2,1H3,(H,23,25,28). The van der Waals surface area contributed by atoms with Crippen LogP contribution in [0.1, 0.15) is 21.5 Å². The number of carbonyl (C=O) groups excluding carboxylic acids is 4. The molecule has 0 aliphatic carbocycles. The first kappa shape index (κ1) is 19.3. The van der Waals surface area contributed by atoms with Gasteiger partial charge in [0.2, 0.25) is 5.91 Å². The molecule has 0 bridgehead atoms. The summed E-state index contributed by atoms with van der Waals surface area (Å²) in [5.74, 6) is -5.44. The number of halogens is 2. The minimum absolute atomic E-state index is 0.129. The van der Waals surface area contributed by atoms with Crippen LogP contribution in [0.2, 0.25) is 0 Å². The average molecular weight is 461 g/mol. The van der Waals surface area contributed by atoms with Gasteiger partial charge in [-0.3, -0.25) is 24.5 Å². The fraction of sp³-hybridized carbons (Fsp3) is 0.200. The van der Waals surface area contributed by atoms with E-state index in [4.69, 9.17) is 4.74 Å². The van der Waals surface area contributed by atoms with Crippen LogP contribution in [-0.4, -0.2) is 35.7 Å². The third-order valence-electron chi connectivity index (χ3n) is 5.28. The number of fused-ring (bicyclic) bond motifs is 2. The van der Waals surface area contributed by atoms with E-state index in [0.29, 0.717) is 4.47 Å². The monoisotopic (exact) mass is 460 g/mol. The highest BCUT2D eigenvalue weighted by Crippen LogP contribution is 2.48. The van der Waals surface area contributed by atoms with E-state index in [1.165, 1.54) is 24.3 Å². The van der Waals surface area contributed by atoms with Crippen molar-refractivity contribution >= 4 is 39.6 Å². The highest BCUT2D eigenvalue weighted by molar-refractivity contribution is 9.10. The molecule has 2 aliphatic heterocycles. The summed E-state index contributed by atoms with van der Waals surface area (Å²) < 4.78 is 19.8. The highest BCUT2D eigenvalue weighted by Gasteiger charge is 2.68. The maximum absolute atomic E-state index is 14.5. The predicted molar refractivity (Wildman–Crippen MR) is 101 cm³/mol. The molecule has 2 atom stereocenters. The van der Waals surface area contributed by atoms with Crippen molar-refractivity contribution in [2.45, 2.75) is 12.1 Å². The largest absolute Gasteiger partial charge is 0.468 e. The van der Waals surface area contributed by atoms with E-state index < -0.39 is 41.0 Å². The molecule has 0 aromatic heterocycles. The second kappa shape index (κ2) is 6.77. The average Bonchev–Trinajstić information content (AvgIpc) is 3.10. The minimum atomic E-state index is -1.95. The fourth-order valence-corrected chi connectivity index (χ4v) is 4.35. The number of carbonyl (C=O) groups is 4. The van der Waals surface area contributed by atoms with E-state index >= 15 is 0 Å². The van der Waals surface area contributed by atoms with Crippen LogP contribution in [0.15, 0.2) is 46.9 Å². The smallest absolute Gasteiger partial charge is 0.321 e. The molecule has 1 fully saturated rings. The maximum Gasteiger partial charge on any atom is 0.321 e. The number of imide groups is 1. The van der Waals surface area contributed by atoms with Gasteiger partial charge in [-0.1, -0.05) is 40.2 Å². The molecule has 148 valence electrons. The Kier molecular flexibility index (Phi) is 4.49. The van der Waals surface area contributed by atoms with Crippen molar-refractivity contribution in [3.05, 3.63) is 69.4 Å². The Labute approximate surface area is 172 Å². The molecule has 2 aromatic carbocycles. The number of benzene rings is 2. The summed E-state index contributed by atoms with van der Waals surface area (Å²) in [6.07, 6.45) is 0. The molecule has 2 heterocycles. The number of amides is 3. The second-order valence-electron chi connectivity index (χ2n) is 6.71. The zero-order valence-corrected chi connectivity index (χ0v) is 16.7. The van der Waals surface area contributed by atoms with Gasteiger partial charge >= 0.3 is 5.97 Å². The Morgan fingerprint density at radius 2 is 1.97 bits per heavy atom. The van der Waals surface area contributed by atoms with Crippen molar-refractivity contribution < 1.29 is 28.3 Å². The quantitative estimate of drug-likeness (QED) is 0.428. The molecule has 1 saturated heterocycles. The molecular weight excluding hydrogens is 447 g/mol. The van der Waals surface area contributed by atoms with E-state index in [9.17, 15) is 23.6 Å². The van der Waals surface area contributed by atoms with Crippen LogP contribution in [0.3, 0.4) is 0 Å². The van der Waals surface area contributed by atoms with Crippen molar-refractivity contribution in [2.75, 3.05) is 7.11 Å². The Morgan fingerprint density at radius 1 is 1.24 bits per heavy atom. The summed E-state index contributed by atoms with van der Waals surface area (Å²) >= 11 is 3.17. The first-order valence-electron chi connectivity index (χ1n) is 8.61. The molecule has 7 nitrogen and oxygen atoms in total.